The average Bonchev–Trinajstić information content (AvgIpc) is 2.72. The van der Waals surface area contributed by atoms with E-state index in [0.717, 1.165) is 25.7 Å². The Balaban J connectivity index is 2.27. The van der Waals surface area contributed by atoms with Gasteiger partial charge in [-0.05, 0) is 37.7 Å². The van der Waals surface area contributed by atoms with Gasteiger partial charge in [0, 0.05) is 12.3 Å². The largest absolute Gasteiger partial charge is 0.481 e. The van der Waals surface area contributed by atoms with Crippen LogP contribution < -0.4 is 0 Å². The number of carbonyl (C=O) groups is 2. The minimum atomic E-state index is -0.747. The number of allylic oxidation sites excluding steroid dienone is 4. The minimum Gasteiger partial charge on any atom is -0.481 e. The van der Waals surface area contributed by atoms with Crippen molar-refractivity contribution >= 4 is 11.8 Å². The van der Waals surface area contributed by atoms with Gasteiger partial charge in [0.25, 0.3) is 0 Å². The quantitative estimate of drug-likeness (QED) is 0.509. The lowest BCUT2D eigenvalue weighted by atomic mass is 9.87. The van der Waals surface area contributed by atoms with Gasteiger partial charge in [-0.3, -0.25) is 9.59 Å². The molecule has 0 aromatic carbocycles. The lowest BCUT2D eigenvalue weighted by molar-refractivity contribution is -0.137. The van der Waals surface area contributed by atoms with Crippen LogP contribution >= 0.6 is 0 Å². The summed E-state index contributed by atoms with van der Waals surface area (Å²) in [6, 6.07) is 0. The van der Waals surface area contributed by atoms with Gasteiger partial charge in [-0.1, -0.05) is 38.0 Å². The molecule has 106 valence electrons. The van der Waals surface area contributed by atoms with Crippen LogP contribution in [0.3, 0.4) is 0 Å². The molecule has 1 aliphatic rings. The number of carboxylic acids is 1. The van der Waals surface area contributed by atoms with Gasteiger partial charge in [-0.15, -0.1) is 0 Å². The Morgan fingerprint density at radius 1 is 1.37 bits per heavy atom. The van der Waals surface area contributed by atoms with Crippen molar-refractivity contribution in [3.8, 4) is 0 Å². The smallest absolute Gasteiger partial charge is 0.303 e. The summed E-state index contributed by atoms with van der Waals surface area (Å²) < 4.78 is 0. The van der Waals surface area contributed by atoms with Gasteiger partial charge in [-0.2, -0.15) is 0 Å². The van der Waals surface area contributed by atoms with E-state index in [1.807, 2.05) is 12.2 Å². The van der Waals surface area contributed by atoms with Gasteiger partial charge in [0.15, 0.2) is 5.78 Å². The molecule has 1 rings (SSSR count). The standard InChI is InChI=1S/C16H24O3/c1-2-3-8-13-11-12-15(17)14(13)9-6-4-5-7-10-16(18)19/h4,6,11-14H,2-3,5,7-10H2,1H3,(H,18,19)/b6-4-. The van der Waals surface area contributed by atoms with Crippen molar-refractivity contribution in [2.75, 3.05) is 0 Å². The Morgan fingerprint density at radius 2 is 2.16 bits per heavy atom. The second-order valence-electron chi connectivity index (χ2n) is 5.17. The molecule has 2 atom stereocenters. The lowest BCUT2D eigenvalue weighted by Gasteiger charge is -2.15. The highest BCUT2D eigenvalue weighted by Crippen LogP contribution is 2.30. The maximum Gasteiger partial charge on any atom is 0.303 e. The number of rotatable bonds is 9. The van der Waals surface area contributed by atoms with Crippen LogP contribution in [0.25, 0.3) is 0 Å². The third-order valence-corrected chi connectivity index (χ3v) is 3.60. The molecule has 0 aromatic rings. The van der Waals surface area contributed by atoms with Crippen LogP contribution in [-0.2, 0) is 9.59 Å². The SMILES string of the molecule is CCCCC1C=CC(=O)C1C/C=C\CCCC(=O)O. The van der Waals surface area contributed by atoms with Crippen molar-refractivity contribution in [1.82, 2.24) is 0 Å². The highest BCUT2D eigenvalue weighted by molar-refractivity contribution is 5.94. The highest BCUT2D eigenvalue weighted by atomic mass is 16.4. The highest BCUT2D eigenvalue weighted by Gasteiger charge is 2.28. The van der Waals surface area contributed by atoms with Crippen molar-refractivity contribution in [3.05, 3.63) is 24.3 Å². The van der Waals surface area contributed by atoms with E-state index in [2.05, 4.69) is 13.0 Å². The molecule has 1 aliphatic carbocycles. The molecule has 19 heavy (non-hydrogen) atoms. The second kappa shape index (κ2) is 8.68. The zero-order chi connectivity index (χ0) is 14.1. The molecule has 3 heteroatoms. The summed E-state index contributed by atoms with van der Waals surface area (Å²) in [5.41, 5.74) is 0. The summed E-state index contributed by atoms with van der Waals surface area (Å²) in [5, 5.41) is 8.52. The Labute approximate surface area is 115 Å². The van der Waals surface area contributed by atoms with Gasteiger partial charge in [-0.25, -0.2) is 0 Å². The zero-order valence-corrected chi connectivity index (χ0v) is 11.7. The van der Waals surface area contributed by atoms with E-state index < -0.39 is 5.97 Å². The summed E-state index contributed by atoms with van der Waals surface area (Å²) >= 11 is 0. The molecule has 0 saturated heterocycles. The van der Waals surface area contributed by atoms with E-state index in [-0.39, 0.29) is 18.1 Å². The van der Waals surface area contributed by atoms with Crippen molar-refractivity contribution < 1.29 is 14.7 Å². The molecule has 0 aromatic heterocycles. The number of ketones is 1. The minimum absolute atomic E-state index is 0.113. The van der Waals surface area contributed by atoms with Crippen molar-refractivity contribution in [2.24, 2.45) is 11.8 Å². The van der Waals surface area contributed by atoms with E-state index in [0.29, 0.717) is 12.3 Å². The third kappa shape index (κ3) is 5.86. The van der Waals surface area contributed by atoms with Gasteiger partial charge in [0.1, 0.15) is 0 Å². The summed E-state index contributed by atoms with van der Waals surface area (Å²) in [6.07, 6.45) is 13.7. The van der Waals surface area contributed by atoms with Gasteiger partial charge in [0.05, 0.1) is 0 Å². The Hall–Kier alpha value is -1.38. The third-order valence-electron chi connectivity index (χ3n) is 3.60. The van der Waals surface area contributed by atoms with Crippen molar-refractivity contribution in [2.45, 2.75) is 51.9 Å². The molecular formula is C16H24O3. The molecule has 0 amide bonds. The van der Waals surface area contributed by atoms with E-state index >= 15 is 0 Å². The fraction of sp³-hybridized carbons (Fsp3) is 0.625. The van der Waals surface area contributed by atoms with E-state index in [1.54, 1.807) is 6.08 Å². The van der Waals surface area contributed by atoms with Gasteiger partial charge < -0.3 is 5.11 Å². The molecule has 3 nitrogen and oxygen atoms in total. The Morgan fingerprint density at radius 3 is 2.84 bits per heavy atom. The first-order valence-corrected chi connectivity index (χ1v) is 7.24. The molecule has 0 bridgehead atoms. The molecule has 0 spiro atoms. The van der Waals surface area contributed by atoms with Crippen LogP contribution in [0.2, 0.25) is 0 Å². The second-order valence-corrected chi connectivity index (χ2v) is 5.17. The molecule has 0 saturated carbocycles. The maximum atomic E-state index is 11.8. The number of aliphatic carboxylic acids is 1. The van der Waals surface area contributed by atoms with E-state index in [1.165, 1.54) is 6.42 Å². The first-order valence-electron chi connectivity index (χ1n) is 7.24. The molecule has 0 radical (unpaired) electrons. The topological polar surface area (TPSA) is 54.4 Å². The molecule has 1 N–H and O–H groups in total. The Kier molecular flexibility index (Phi) is 7.16. The van der Waals surface area contributed by atoms with Crippen LogP contribution in [-0.4, -0.2) is 16.9 Å². The number of carboxylic acid groups (broad SMARTS) is 1. The first kappa shape index (κ1) is 15.7. The van der Waals surface area contributed by atoms with Gasteiger partial charge >= 0.3 is 5.97 Å². The molecular weight excluding hydrogens is 240 g/mol. The average molecular weight is 264 g/mol. The number of hydrogen-bond donors (Lipinski definition) is 1. The van der Waals surface area contributed by atoms with Gasteiger partial charge in [0.2, 0.25) is 0 Å². The lowest BCUT2D eigenvalue weighted by Crippen LogP contribution is -2.15. The zero-order valence-electron chi connectivity index (χ0n) is 11.7. The molecule has 2 unspecified atom stereocenters. The molecule has 0 fully saturated rings. The Bertz CT molecular complexity index is 355. The monoisotopic (exact) mass is 264 g/mol. The van der Waals surface area contributed by atoms with Crippen LogP contribution in [0.1, 0.15) is 51.9 Å². The van der Waals surface area contributed by atoms with E-state index in [9.17, 15) is 9.59 Å². The molecule has 0 heterocycles. The normalized spacial score (nSPS) is 22.5. The number of hydrogen-bond acceptors (Lipinski definition) is 2. The maximum absolute atomic E-state index is 11.8. The summed E-state index contributed by atoms with van der Waals surface area (Å²) in [7, 11) is 0. The van der Waals surface area contributed by atoms with Crippen molar-refractivity contribution in [3.63, 3.8) is 0 Å². The van der Waals surface area contributed by atoms with Crippen LogP contribution in [0.15, 0.2) is 24.3 Å². The summed E-state index contributed by atoms with van der Waals surface area (Å²) in [4.78, 5) is 22.1. The number of carbonyl (C=O) groups excluding carboxylic acids is 1. The van der Waals surface area contributed by atoms with Crippen LogP contribution in [0, 0.1) is 11.8 Å². The molecule has 0 aliphatic heterocycles. The fourth-order valence-electron chi connectivity index (χ4n) is 2.45. The number of unbranched alkanes of at least 4 members (excludes halogenated alkanes) is 2. The summed E-state index contributed by atoms with van der Waals surface area (Å²) in [6.45, 7) is 2.16. The van der Waals surface area contributed by atoms with Crippen LogP contribution in [0.4, 0.5) is 0 Å². The predicted molar refractivity (Wildman–Crippen MR) is 75.9 cm³/mol. The van der Waals surface area contributed by atoms with Crippen LogP contribution in [0.5, 0.6) is 0 Å². The van der Waals surface area contributed by atoms with E-state index in [4.69, 9.17) is 5.11 Å². The van der Waals surface area contributed by atoms with Crippen molar-refractivity contribution in [1.29, 1.82) is 0 Å². The predicted octanol–water partition coefficient (Wildman–Crippen LogP) is 3.75. The fourth-order valence-corrected chi connectivity index (χ4v) is 2.45. The first-order chi connectivity index (χ1) is 9.15. The summed E-state index contributed by atoms with van der Waals surface area (Å²) in [5.74, 6) is 0.0119.